The van der Waals surface area contributed by atoms with Gasteiger partial charge in [0.1, 0.15) is 9.46 Å². The molecule has 52 valence electrons. The van der Waals surface area contributed by atoms with E-state index in [1.54, 1.807) is 30.3 Å². The molecule has 1 aromatic rings. The highest BCUT2D eigenvalue weighted by Gasteiger charge is 1.91. The second kappa shape index (κ2) is 3.01. The van der Waals surface area contributed by atoms with Crippen molar-refractivity contribution >= 4 is 6.72 Å². The average Bonchev–Trinajstić information content (AvgIpc) is 2.06. The fraction of sp³-hybridized carbons (Fsp3) is 0.125. The lowest BCUT2D eigenvalue weighted by Crippen LogP contribution is -1.98. The summed E-state index contributed by atoms with van der Waals surface area (Å²) in [5, 5.41) is 10.7. The van der Waals surface area contributed by atoms with E-state index in [-0.39, 0.29) is 4.74 Å². The summed E-state index contributed by atoms with van der Waals surface area (Å²) in [6.07, 6.45) is 0. The van der Waals surface area contributed by atoms with E-state index in [4.69, 9.17) is 2.74 Å². The number of hydrogen-bond acceptors (Lipinski definition) is 1. The van der Waals surface area contributed by atoms with E-state index in [1.165, 1.54) is 0 Å². The normalized spacial score (nSPS) is 13.6. The second-order valence-corrected chi connectivity index (χ2v) is 1.86. The van der Waals surface area contributed by atoms with Gasteiger partial charge in [-0.3, -0.25) is 0 Å². The molecule has 0 N–H and O–H groups in total. The Hall–Kier alpha value is -1.31. The van der Waals surface area contributed by atoms with Crippen molar-refractivity contribution in [3.8, 4) is 0 Å². The predicted octanol–water partition coefficient (Wildman–Crippen LogP) is 1.40. The van der Waals surface area contributed by atoms with Gasteiger partial charge in [-0.1, -0.05) is 30.3 Å². The molecule has 0 heterocycles. The maximum absolute atomic E-state index is 10.7. The zero-order chi connectivity index (χ0) is 9.19. The molecular weight excluding hydrogens is 126 g/mol. The summed E-state index contributed by atoms with van der Waals surface area (Å²) in [7, 11) is 0. The van der Waals surface area contributed by atoms with Gasteiger partial charge in [-0.15, -0.1) is 0 Å². The van der Waals surface area contributed by atoms with Crippen molar-refractivity contribution in [1.82, 2.24) is 0 Å². The number of hydroxylamine groups is 1. The first-order valence-corrected chi connectivity index (χ1v) is 2.88. The molecule has 2 heteroatoms. The molecule has 0 fully saturated rings. The summed E-state index contributed by atoms with van der Waals surface area (Å²) in [5.74, 6) is 0. The molecule has 0 amide bonds. The maximum Gasteiger partial charge on any atom is 0.178 e. The topological polar surface area (TPSA) is 26.1 Å². The van der Waals surface area contributed by atoms with Crippen LogP contribution in [-0.4, -0.2) is 11.5 Å². The molecule has 0 atom stereocenters. The van der Waals surface area contributed by atoms with Gasteiger partial charge in [0, 0.05) is 5.56 Å². The maximum atomic E-state index is 10.7. The van der Waals surface area contributed by atoms with Gasteiger partial charge >= 0.3 is 0 Å². The van der Waals surface area contributed by atoms with Crippen LogP contribution in [0.3, 0.4) is 0 Å². The van der Waals surface area contributed by atoms with Crippen LogP contribution >= 0.6 is 0 Å². The number of benzene rings is 1. The Kier molecular flexibility index (Phi) is 1.35. The zero-order valence-corrected chi connectivity index (χ0v) is 5.45. The Morgan fingerprint density at radius 2 is 2.10 bits per heavy atom. The molecule has 0 aromatic heterocycles. The van der Waals surface area contributed by atoms with Crippen LogP contribution in [0.15, 0.2) is 30.3 Å². The first-order chi connectivity index (χ1) is 5.55. The van der Waals surface area contributed by atoms with E-state index in [0.717, 1.165) is 0 Å². The Balaban J connectivity index is 3.06. The van der Waals surface area contributed by atoms with Crippen molar-refractivity contribution in [3.63, 3.8) is 0 Å². The number of hydrogen-bond donors (Lipinski definition) is 0. The highest BCUT2D eigenvalue weighted by atomic mass is 16.5. The third kappa shape index (κ3) is 1.90. The van der Waals surface area contributed by atoms with Crippen LogP contribution in [0.2, 0.25) is 0 Å². The zero-order valence-electron chi connectivity index (χ0n) is 7.45. The van der Waals surface area contributed by atoms with Gasteiger partial charge in [0.05, 0.1) is 0 Å². The fourth-order valence-electron chi connectivity index (χ4n) is 0.657. The van der Waals surface area contributed by atoms with E-state index in [2.05, 4.69) is 6.72 Å². The lowest BCUT2D eigenvalue weighted by atomic mass is 10.2. The van der Waals surface area contributed by atoms with Gasteiger partial charge in [-0.25, -0.2) is 4.74 Å². The molecular formula is C8H9NO. The van der Waals surface area contributed by atoms with Gasteiger partial charge in [0.2, 0.25) is 0 Å². The van der Waals surface area contributed by atoms with Gasteiger partial charge in [-0.2, -0.15) is 0 Å². The molecule has 0 aliphatic rings. The van der Waals surface area contributed by atoms with Crippen molar-refractivity contribution in [1.29, 1.82) is 0 Å². The third-order valence-electron chi connectivity index (χ3n) is 1.03. The molecule has 1 aromatic carbocycles. The van der Waals surface area contributed by atoms with Crippen LogP contribution in [0.1, 0.15) is 8.30 Å². The standard InChI is InChI=1S/C8H9NO/c1-9(10)7-8-5-3-2-4-6-8/h2-6H,1,7H2/i7D2. The fourth-order valence-corrected chi connectivity index (χ4v) is 0.657. The molecule has 0 spiro atoms. The summed E-state index contributed by atoms with van der Waals surface area (Å²) in [6.45, 7) is 0.949. The van der Waals surface area contributed by atoms with Crippen LogP contribution in [0.5, 0.6) is 0 Å². The monoisotopic (exact) mass is 137 g/mol. The summed E-state index contributed by atoms with van der Waals surface area (Å²) >= 11 is 0. The minimum absolute atomic E-state index is 0.0579. The SMILES string of the molecule is [2H]C([2H])(c1ccccc1)[N+](=C)[O-]. The van der Waals surface area contributed by atoms with Gasteiger partial charge < -0.3 is 5.21 Å². The minimum Gasteiger partial charge on any atom is -0.624 e. The Labute approximate surface area is 62.8 Å². The minimum atomic E-state index is -2.04. The summed E-state index contributed by atoms with van der Waals surface area (Å²) in [4.78, 5) is 0. The van der Waals surface area contributed by atoms with Crippen molar-refractivity contribution in [3.05, 3.63) is 41.1 Å². The second-order valence-electron chi connectivity index (χ2n) is 1.86. The van der Waals surface area contributed by atoms with Crippen LogP contribution in [0, 0.1) is 5.21 Å². The van der Waals surface area contributed by atoms with Crippen LogP contribution in [0.25, 0.3) is 0 Å². The van der Waals surface area contributed by atoms with Crippen LogP contribution < -0.4 is 0 Å². The molecule has 2 nitrogen and oxygen atoms in total. The molecule has 0 saturated carbocycles. The largest absolute Gasteiger partial charge is 0.624 e. The molecule has 0 aliphatic carbocycles. The van der Waals surface area contributed by atoms with Crippen molar-refractivity contribution in [2.24, 2.45) is 0 Å². The summed E-state index contributed by atoms with van der Waals surface area (Å²) in [6, 6.07) is 8.22. The van der Waals surface area contributed by atoms with Crippen molar-refractivity contribution in [2.75, 3.05) is 0 Å². The van der Waals surface area contributed by atoms with E-state index >= 15 is 0 Å². The van der Waals surface area contributed by atoms with Gasteiger partial charge in [0.15, 0.2) is 6.50 Å². The van der Waals surface area contributed by atoms with Crippen molar-refractivity contribution in [2.45, 2.75) is 6.50 Å². The molecule has 0 aliphatic heterocycles. The third-order valence-corrected chi connectivity index (χ3v) is 1.03. The highest BCUT2D eigenvalue weighted by molar-refractivity contribution is 5.17. The Bertz CT molecular complexity index is 284. The molecule has 0 saturated heterocycles. The smallest absolute Gasteiger partial charge is 0.178 e. The quantitative estimate of drug-likeness (QED) is 0.262. The lowest BCUT2D eigenvalue weighted by Gasteiger charge is -1.99. The lowest BCUT2D eigenvalue weighted by molar-refractivity contribution is -0.465. The average molecular weight is 137 g/mol. The molecule has 1 rings (SSSR count). The number of nitrogens with zero attached hydrogens (tertiary/aromatic N) is 1. The molecule has 0 radical (unpaired) electrons. The number of rotatable bonds is 2. The van der Waals surface area contributed by atoms with E-state index in [0.29, 0.717) is 5.56 Å². The summed E-state index contributed by atoms with van der Waals surface area (Å²) in [5.41, 5.74) is 0.315. The highest BCUT2D eigenvalue weighted by Crippen LogP contribution is 1.98. The first kappa shape index (κ1) is 4.50. The molecule has 0 bridgehead atoms. The Morgan fingerprint density at radius 3 is 2.60 bits per heavy atom. The van der Waals surface area contributed by atoms with Crippen LogP contribution in [-0.2, 0) is 6.50 Å². The Morgan fingerprint density at radius 1 is 1.50 bits per heavy atom. The van der Waals surface area contributed by atoms with Crippen LogP contribution in [0.4, 0.5) is 0 Å². The van der Waals surface area contributed by atoms with Gasteiger partial charge in [0.25, 0.3) is 0 Å². The van der Waals surface area contributed by atoms with Crippen molar-refractivity contribution < 1.29 is 7.48 Å². The first-order valence-electron chi connectivity index (χ1n) is 3.88. The predicted molar refractivity (Wildman–Crippen MR) is 40.9 cm³/mol. The van der Waals surface area contributed by atoms with E-state index in [1.807, 2.05) is 0 Å². The van der Waals surface area contributed by atoms with Gasteiger partial charge in [-0.05, 0) is 0 Å². The molecule has 10 heavy (non-hydrogen) atoms. The summed E-state index contributed by atoms with van der Waals surface area (Å²) < 4.78 is 14.7. The van der Waals surface area contributed by atoms with E-state index in [9.17, 15) is 5.21 Å². The van der Waals surface area contributed by atoms with E-state index < -0.39 is 6.50 Å². The molecule has 0 unspecified atom stereocenters.